The summed E-state index contributed by atoms with van der Waals surface area (Å²) in [6, 6.07) is 6.58. The number of thioether (sulfide) groups is 1. The standard InChI is InChI=1S/C17H20N4O5S/c1-4-26-15(23)9-13-19-20-17(21(13)2)27-10-14(22)18-12-8-6-5-7-11(12)16(24)25-3/h5-8H,4,9-10H2,1-3H3,(H,18,22). The number of hydrogen-bond acceptors (Lipinski definition) is 8. The van der Waals surface area contributed by atoms with E-state index in [1.165, 1.54) is 7.11 Å². The van der Waals surface area contributed by atoms with E-state index < -0.39 is 5.97 Å². The monoisotopic (exact) mass is 392 g/mol. The molecule has 1 heterocycles. The highest BCUT2D eigenvalue weighted by atomic mass is 32.2. The fourth-order valence-corrected chi connectivity index (χ4v) is 2.89. The maximum absolute atomic E-state index is 12.2. The number of nitrogens with one attached hydrogen (secondary N) is 1. The van der Waals surface area contributed by atoms with E-state index >= 15 is 0 Å². The maximum Gasteiger partial charge on any atom is 0.339 e. The van der Waals surface area contributed by atoms with Crippen LogP contribution in [0, 0.1) is 0 Å². The summed E-state index contributed by atoms with van der Waals surface area (Å²) in [6.07, 6.45) is 0.0105. The molecule has 10 heteroatoms. The molecule has 9 nitrogen and oxygen atoms in total. The number of esters is 2. The number of carbonyl (C=O) groups is 3. The Morgan fingerprint density at radius 1 is 1.22 bits per heavy atom. The van der Waals surface area contributed by atoms with Crippen molar-refractivity contribution in [1.29, 1.82) is 0 Å². The summed E-state index contributed by atoms with van der Waals surface area (Å²) in [7, 11) is 2.99. The van der Waals surface area contributed by atoms with Gasteiger partial charge >= 0.3 is 11.9 Å². The van der Waals surface area contributed by atoms with Crippen LogP contribution in [0.3, 0.4) is 0 Å². The minimum absolute atomic E-state index is 0.0105. The largest absolute Gasteiger partial charge is 0.466 e. The second-order valence-electron chi connectivity index (χ2n) is 5.31. The molecule has 0 aliphatic carbocycles. The number of aromatic nitrogens is 3. The van der Waals surface area contributed by atoms with Gasteiger partial charge in [-0.05, 0) is 19.1 Å². The van der Waals surface area contributed by atoms with Crippen molar-refractivity contribution < 1.29 is 23.9 Å². The molecule has 1 amide bonds. The molecule has 1 aromatic carbocycles. The van der Waals surface area contributed by atoms with Gasteiger partial charge in [0.25, 0.3) is 0 Å². The fraction of sp³-hybridized carbons (Fsp3) is 0.353. The zero-order chi connectivity index (χ0) is 19.8. The van der Waals surface area contributed by atoms with Gasteiger partial charge in [-0.1, -0.05) is 23.9 Å². The van der Waals surface area contributed by atoms with E-state index in [-0.39, 0.29) is 29.6 Å². The van der Waals surface area contributed by atoms with Gasteiger partial charge in [-0.2, -0.15) is 0 Å². The molecule has 0 radical (unpaired) electrons. The Kier molecular flexibility index (Phi) is 7.35. The minimum atomic E-state index is -0.532. The van der Waals surface area contributed by atoms with Crippen LogP contribution < -0.4 is 5.32 Å². The van der Waals surface area contributed by atoms with Gasteiger partial charge in [0.15, 0.2) is 5.16 Å². The van der Waals surface area contributed by atoms with Gasteiger partial charge in [0, 0.05) is 7.05 Å². The van der Waals surface area contributed by atoms with Gasteiger partial charge < -0.3 is 19.4 Å². The number of para-hydroxylation sites is 1. The minimum Gasteiger partial charge on any atom is -0.466 e. The molecule has 144 valence electrons. The Balaban J connectivity index is 1.96. The number of rotatable bonds is 8. The predicted molar refractivity (Wildman–Crippen MR) is 98.5 cm³/mol. The summed E-state index contributed by atoms with van der Waals surface area (Å²) < 4.78 is 11.2. The van der Waals surface area contributed by atoms with E-state index in [9.17, 15) is 14.4 Å². The predicted octanol–water partition coefficient (Wildman–Crippen LogP) is 1.44. The molecule has 0 aliphatic heterocycles. The molecule has 1 N–H and O–H groups in total. The Bertz CT molecular complexity index is 836. The van der Waals surface area contributed by atoms with Crippen molar-refractivity contribution in [1.82, 2.24) is 14.8 Å². The molecule has 2 aromatic rings. The van der Waals surface area contributed by atoms with Gasteiger partial charge in [0.05, 0.1) is 30.7 Å². The average molecular weight is 392 g/mol. The maximum atomic E-state index is 12.2. The van der Waals surface area contributed by atoms with Crippen molar-refractivity contribution in [2.24, 2.45) is 7.05 Å². The summed E-state index contributed by atoms with van der Waals surface area (Å²) in [4.78, 5) is 35.5. The van der Waals surface area contributed by atoms with Crippen LogP contribution in [0.1, 0.15) is 23.1 Å². The van der Waals surface area contributed by atoms with Gasteiger partial charge in [0.1, 0.15) is 12.2 Å². The van der Waals surface area contributed by atoms with Crippen LogP contribution in [0.4, 0.5) is 5.69 Å². The second kappa shape index (κ2) is 9.72. The number of anilines is 1. The van der Waals surface area contributed by atoms with E-state index in [0.29, 0.717) is 23.3 Å². The molecule has 0 bridgehead atoms. The summed E-state index contributed by atoms with van der Waals surface area (Å²) in [5, 5.41) is 11.1. The van der Waals surface area contributed by atoms with Crippen molar-refractivity contribution in [3.63, 3.8) is 0 Å². The fourth-order valence-electron chi connectivity index (χ4n) is 2.16. The third-order valence-corrected chi connectivity index (χ3v) is 4.49. The topological polar surface area (TPSA) is 112 Å². The normalized spacial score (nSPS) is 10.3. The van der Waals surface area contributed by atoms with Crippen LogP contribution in [0.25, 0.3) is 0 Å². The lowest BCUT2D eigenvalue weighted by Crippen LogP contribution is -2.17. The zero-order valence-electron chi connectivity index (χ0n) is 15.2. The number of hydrogen-bond donors (Lipinski definition) is 1. The van der Waals surface area contributed by atoms with Gasteiger partial charge in [-0.15, -0.1) is 10.2 Å². The van der Waals surface area contributed by atoms with E-state index in [1.54, 1.807) is 42.8 Å². The quantitative estimate of drug-likeness (QED) is 0.530. The molecule has 0 saturated heterocycles. The first-order valence-electron chi connectivity index (χ1n) is 8.10. The van der Waals surface area contributed by atoms with Crippen LogP contribution in [-0.2, 0) is 32.5 Å². The van der Waals surface area contributed by atoms with Crippen LogP contribution in [0.5, 0.6) is 0 Å². The first kappa shape index (κ1) is 20.4. The van der Waals surface area contributed by atoms with Gasteiger partial charge in [-0.25, -0.2) is 4.79 Å². The lowest BCUT2D eigenvalue weighted by Gasteiger charge is -2.09. The molecule has 0 saturated carbocycles. The average Bonchev–Trinajstić information content (AvgIpc) is 2.99. The van der Waals surface area contributed by atoms with Crippen molar-refractivity contribution in [3.8, 4) is 0 Å². The highest BCUT2D eigenvalue weighted by molar-refractivity contribution is 7.99. The number of amides is 1. The smallest absolute Gasteiger partial charge is 0.339 e. The molecule has 0 aliphatic rings. The first-order valence-corrected chi connectivity index (χ1v) is 9.08. The Morgan fingerprint density at radius 2 is 1.96 bits per heavy atom. The molecule has 0 unspecified atom stereocenters. The highest BCUT2D eigenvalue weighted by Gasteiger charge is 2.16. The Labute approximate surface area is 160 Å². The zero-order valence-corrected chi connectivity index (χ0v) is 16.0. The van der Waals surface area contributed by atoms with Crippen molar-refractivity contribution in [2.45, 2.75) is 18.5 Å². The lowest BCUT2D eigenvalue weighted by molar-refractivity contribution is -0.142. The van der Waals surface area contributed by atoms with Gasteiger partial charge in [-0.3, -0.25) is 9.59 Å². The van der Waals surface area contributed by atoms with Crippen LogP contribution in [-0.4, -0.2) is 52.1 Å². The number of carbonyl (C=O) groups excluding carboxylic acids is 3. The second-order valence-corrected chi connectivity index (χ2v) is 6.26. The molecule has 0 spiro atoms. The van der Waals surface area contributed by atoms with Crippen molar-refractivity contribution in [2.75, 3.05) is 24.8 Å². The summed E-state index contributed by atoms with van der Waals surface area (Å²) >= 11 is 1.16. The molecule has 27 heavy (non-hydrogen) atoms. The van der Waals surface area contributed by atoms with Gasteiger partial charge in [0.2, 0.25) is 5.91 Å². The first-order chi connectivity index (χ1) is 13.0. The Morgan fingerprint density at radius 3 is 2.67 bits per heavy atom. The molecule has 0 atom stereocenters. The number of methoxy groups -OCH3 is 1. The van der Waals surface area contributed by atoms with Crippen LogP contribution in [0.15, 0.2) is 29.4 Å². The van der Waals surface area contributed by atoms with E-state index in [4.69, 9.17) is 9.47 Å². The highest BCUT2D eigenvalue weighted by Crippen LogP contribution is 2.19. The molecular formula is C17H20N4O5S. The molecule has 2 rings (SSSR count). The van der Waals surface area contributed by atoms with Crippen LogP contribution in [0.2, 0.25) is 0 Å². The summed E-state index contributed by atoms with van der Waals surface area (Å²) in [5.41, 5.74) is 0.643. The Hall–Kier alpha value is -2.88. The van der Waals surface area contributed by atoms with Crippen molar-refractivity contribution >= 4 is 35.3 Å². The van der Waals surface area contributed by atoms with E-state index in [2.05, 4.69) is 15.5 Å². The molecule has 1 aromatic heterocycles. The molecule has 0 fully saturated rings. The third kappa shape index (κ3) is 5.55. The lowest BCUT2D eigenvalue weighted by atomic mass is 10.2. The SMILES string of the molecule is CCOC(=O)Cc1nnc(SCC(=O)Nc2ccccc2C(=O)OC)n1C. The van der Waals surface area contributed by atoms with E-state index in [0.717, 1.165) is 11.8 Å². The van der Waals surface area contributed by atoms with Crippen molar-refractivity contribution in [3.05, 3.63) is 35.7 Å². The van der Waals surface area contributed by atoms with E-state index in [1.807, 2.05) is 0 Å². The summed E-state index contributed by atoms with van der Waals surface area (Å²) in [6.45, 7) is 2.03. The third-order valence-electron chi connectivity index (χ3n) is 3.47. The molecular weight excluding hydrogens is 372 g/mol. The number of nitrogens with zero attached hydrogens (tertiary/aromatic N) is 3. The number of benzene rings is 1. The summed E-state index contributed by atoms with van der Waals surface area (Å²) in [5.74, 6) is -0.725. The van der Waals surface area contributed by atoms with Crippen LogP contribution >= 0.6 is 11.8 Å². The number of ether oxygens (including phenoxy) is 2.